The standard InChI is InChI=1S/C14H22N4O3/c1-2-21-14(19)12-13(11-3-4-11)18(16-15-12)6-5-17-7-9-20-10-8-17/h11H,2-10H2,1H3. The second-order valence-electron chi connectivity index (χ2n) is 5.50. The Hall–Kier alpha value is -1.47. The van der Waals surface area contributed by atoms with Crippen LogP contribution in [0, 0.1) is 0 Å². The Morgan fingerprint density at radius 3 is 2.76 bits per heavy atom. The number of rotatable bonds is 6. The van der Waals surface area contributed by atoms with Crippen LogP contribution in [-0.2, 0) is 16.0 Å². The molecule has 0 unspecified atom stereocenters. The molecule has 0 spiro atoms. The number of morpholine rings is 1. The number of hydrogen-bond donors (Lipinski definition) is 0. The Kier molecular flexibility index (Phi) is 4.50. The maximum absolute atomic E-state index is 12.0. The fraction of sp³-hybridized carbons (Fsp3) is 0.786. The number of carbonyl (C=O) groups is 1. The first kappa shape index (κ1) is 14.5. The molecule has 1 aliphatic carbocycles. The van der Waals surface area contributed by atoms with Gasteiger partial charge in [-0.1, -0.05) is 5.21 Å². The van der Waals surface area contributed by atoms with Gasteiger partial charge >= 0.3 is 5.97 Å². The van der Waals surface area contributed by atoms with E-state index in [1.54, 1.807) is 6.92 Å². The van der Waals surface area contributed by atoms with E-state index in [1.807, 2.05) is 4.68 Å². The first-order valence-corrected chi connectivity index (χ1v) is 7.70. The van der Waals surface area contributed by atoms with Crippen LogP contribution in [0.3, 0.4) is 0 Å². The Bertz CT molecular complexity index is 492. The lowest BCUT2D eigenvalue weighted by Crippen LogP contribution is -2.38. The molecule has 3 rings (SSSR count). The van der Waals surface area contributed by atoms with Crippen molar-refractivity contribution in [1.29, 1.82) is 0 Å². The van der Waals surface area contributed by atoms with Gasteiger partial charge in [0.2, 0.25) is 0 Å². The normalized spacial score (nSPS) is 19.7. The van der Waals surface area contributed by atoms with E-state index in [0.717, 1.165) is 57.9 Å². The van der Waals surface area contributed by atoms with Crippen molar-refractivity contribution in [2.75, 3.05) is 39.5 Å². The van der Waals surface area contributed by atoms with Crippen LogP contribution in [0.2, 0.25) is 0 Å². The predicted octanol–water partition coefficient (Wildman–Crippen LogP) is 0.664. The maximum atomic E-state index is 12.0. The molecule has 1 aromatic rings. The molecule has 1 aliphatic heterocycles. The molecule has 21 heavy (non-hydrogen) atoms. The molecular formula is C14H22N4O3. The highest BCUT2D eigenvalue weighted by Gasteiger charge is 2.34. The largest absolute Gasteiger partial charge is 0.461 e. The van der Waals surface area contributed by atoms with Crippen molar-refractivity contribution in [2.45, 2.75) is 32.2 Å². The Balaban J connectivity index is 1.68. The molecule has 0 bridgehead atoms. The van der Waals surface area contributed by atoms with Gasteiger partial charge in [0.15, 0.2) is 5.69 Å². The van der Waals surface area contributed by atoms with E-state index in [1.165, 1.54) is 0 Å². The number of hydrogen-bond acceptors (Lipinski definition) is 6. The molecule has 0 aromatic carbocycles. The van der Waals surface area contributed by atoms with Crippen LogP contribution in [0.4, 0.5) is 0 Å². The highest BCUT2D eigenvalue weighted by Crippen LogP contribution is 2.41. The first-order chi connectivity index (χ1) is 10.3. The van der Waals surface area contributed by atoms with Gasteiger partial charge < -0.3 is 9.47 Å². The molecule has 0 amide bonds. The van der Waals surface area contributed by atoms with Crippen LogP contribution in [0.1, 0.15) is 41.9 Å². The summed E-state index contributed by atoms with van der Waals surface area (Å²) in [7, 11) is 0. The second kappa shape index (κ2) is 6.53. The Morgan fingerprint density at radius 1 is 1.33 bits per heavy atom. The van der Waals surface area contributed by atoms with Crippen molar-refractivity contribution >= 4 is 5.97 Å². The quantitative estimate of drug-likeness (QED) is 0.718. The van der Waals surface area contributed by atoms with Gasteiger partial charge in [0, 0.05) is 25.6 Å². The van der Waals surface area contributed by atoms with Crippen LogP contribution in [0.25, 0.3) is 0 Å². The zero-order chi connectivity index (χ0) is 14.7. The molecule has 7 heteroatoms. The summed E-state index contributed by atoms with van der Waals surface area (Å²) in [6.45, 7) is 7.34. The van der Waals surface area contributed by atoms with Gasteiger partial charge in [-0.15, -0.1) is 5.10 Å². The van der Waals surface area contributed by atoms with Crippen molar-refractivity contribution in [3.63, 3.8) is 0 Å². The fourth-order valence-electron chi connectivity index (χ4n) is 2.65. The van der Waals surface area contributed by atoms with Crippen LogP contribution in [0.15, 0.2) is 0 Å². The molecule has 2 fully saturated rings. The van der Waals surface area contributed by atoms with Crippen LogP contribution in [0.5, 0.6) is 0 Å². The van der Waals surface area contributed by atoms with Gasteiger partial charge in [-0.2, -0.15) is 0 Å². The van der Waals surface area contributed by atoms with E-state index in [9.17, 15) is 4.79 Å². The van der Waals surface area contributed by atoms with Gasteiger partial charge in [-0.3, -0.25) is 4.90 Å². The van der Waals surface area contributed by atoms with E-state index >= 15 is 0 Å². The molecule has 1 saturated heterocycles. The average molecular weight is 294 g/mol. The van der Waals surface area contributed by atoms with E-state index in [-0.39, 0.29) is 5.97 Å². The summed E-state index contributed by atoms with van der Waals surface area (Å²) >= 11 is 0. The van der Waals surface area contributed by atoms with Crippen molar-refractivity contribution in [3.05, 3.63) is 11.4 Å². The van der Waals surface area contributed by atoms with Gasteiger partial charge in [-0.05, 0) is 19.8 Å². The number of aromatic nitrogens is 3. The molecule has 1 aromatic heterocycles. The van der Waals surface area contributed by atoms with Crippen molar-refractivity contribution in [2.24, 2.45) is 0 Å². The van der Waals surface area contributed by atoms with E-state index in [2.05, 4.69) is 15.2 Å². The maximum Gasteiger partial charge on any atom is 0.360 e. The summed E-state index contributed by atoms with van der Waals surface area (Å²) < 4.78 is 12.3. The summed E-state index contributed by atoms with van der Waals surface area (Å²) in [5.74, 6) is 0.0705. The summed E-state index contributed by atoms with van der Waals surface area (Å²) in [4.78, 5) is 14.3. The third-order valence-electron chi connectivity index (χ3n) is 3.94. The average Bonchev–Trinajstić information content (AvgIpc) is 3.26. The minimum atomic E-state index is -0.350. The second-order valence-corrected chi connectivity index (χ2v) is 5.50. The topological polar surface area (TPSA) is 69.5 Å². The summed E-state index contributed by atoms with van der Waals surface area (Å²) in [5.41, 5.74) is 1.36. The number of ether oxygens (including phenoxy) is 2. The minimum absolute atomic E-state index is 0.350. The van der Waals surface area contributed by atoms with E-state index < -0.39 is 0 Å². The van der Waals surface area contributed by atoms with Gasteiger partial charge in [0.1, 0.15) is 0 Å². The number of carbonyl (C=O) groups excluding carboxylic acids is 1. The van der Waals surface area contributed by atoms with Gasteiger partial charge in [-0.25, -0.2) is 9.48 Å². The zero-order valence-electron chi connectivity index (χ0n) is 12.5. The molecule has 0 radical (unpaired) electrons. The lowest BCUT2D eigenvalue weighted by molar-refractivity contribution is 0.0358. The summed E-state index contributed by atoms with van der Waals surface area (Å²) in [6, 6.07) is 0. The molecule has 0 atom stereocenters. The zero-order valence-corrected chi connectivity index (χ0v) is 12.5. The lowest BCUT2D eigenvalue weighted by atomic mass is 10.2. The highest BCUT2D eigenvalue weighted by molar-refractivity contribution is 5.88. The first-order valence-electron chi connectivity index (χ1n) is 7.70. The third kappa shape index (κ3) is 3.41. The van der Waals surface area contributed by atoms with Crippen molar-refractivity contribution in [1.82, 2.24) is 19.9 Å². The van der Waals surface area contributed by atoms with Crippen LogP contribution >= 0.6 is 0 Å². The molecule has 1 saturated carbocycles. The number of esters is 1. The SMILES string of the molecule is CCOC(=O)c1nnn(CCN2CCOCC2)c1C1CC1. The molecular weight excluding hydrogens is 272 g/mol. The summed E-state index contributed by atoms with van der Waals surface area (Å²) in [6.07, 6.45) is 2.22. The Labute approximate surface area is 124 Å². The minimum Gasteiger partial charge on any atom is -0.461 e. The third-order valence-corrected chi connectivity index (χ3v) is 3.94. The summed E-state index contributed by atoms with van der Waals surface area (Å²) in [5, 5.41) is 8.23. The molecule has 2 aliphatic rings. The smallest absolute Gasteiger partial charge is 0.360 e. The van der Waals surface area contributed by atoms with Gasteiger partial charge in [0.05, 0.1) is 32.1 Å². The van der Waals surface area contributed by atoms with Crippen molar-refractivity contribution in [3.8, 4) is 0 Å². The lowest BCUT2D eigenvalue weighted by Gasteiger charge is -2.26. The van der Waals surface area contributed by atoms with Gasteiger partial charge in [0.25, 0.3) is 0 Å². The predicted molar refractivity (Wildman–Crippen MR) is 75.2 cm³/mol. The van der Waals surface area contributed by atoms with Crippen molar-refractivity contribution < 1.29 is 14.3 Å². The monoisotopic (exact) mass is 294 g/mol. The molecule has 0 N–H and O–H groups in total. The van der Waals surface area contributed by atoms with E-state index in [0.29, 0.717) is 18.2 Å². The van der Waals surface area contributed by atoms with Crippen LogP contribution in [-0.4, -0.2) is 65.3 Å². The molecule has 7 nitrogen and oxygen atoms in total. The molecule has 2 heterocycles. The number of nitrogens with zero attached hydrogens (tertiary/aromatic N) is 4. The van der Waals surface area contributed by atoms with E-state index in [4.69, 9.17) is 9.47 Å². The molecule has 116 valence electrons. The Morgan fingerprint density at radius 2 is 2.10 bits per heavy atom. The fourth-order valence-corrected chi connectivity index (χ4v) is 2.65. The van der Waals surface area contributed by atoms with Crippen LogP contribution < -0.4 is 0 Å². The highest BCUT2D eigenvalue weighted by atomic mass is 16.5.